The predicted octanol–water partition coefficient (Wildman–Crippen LogP) is 1.88. The van der Waals surface area contributed by atoms with Gasteiger partial charge in [0, 0.05) is 34.8 Å². The molecule has 108 valence electrons. The summed E-state index contributed by atoms with van der Waals surface area (Å²) in [4.78, 5) is 12.6. The van der Waals surface area contributed by atoms with Gasteiger partial charge in [0.1, 0.15) is 17.8 Å². The Kier molecular flexibility index (Phi) is 2.86. The van der Waals surface area contributed by atoms with Gasteiger partial charge in [-0.3, -0.25) is 4.79 Å². The molecule has 0 saturated carbocycles. The number of nitrogen functional groups attached to an aromatic ring is 1. The van der Waals surface area contributed by atoms with Gasteiger partial charge in [-0.25, -0.2) is 0 Å². The lowest BCUT2D eigenvalue weighted by Gasteiger charge is -2.20. The molecule has 2 heterocycles. The quantitative estimate of drug-likeness (QED) is 0.543. The molecule has 0 radical (unpaired) electrons. The first-order chi connectivity index (χ1) is 10.1. The van der Waals surface area contributed by atoms with Gasteiger partial charge in [-0.05, 0) is 25.5 Å². The van der Waals surface area contributed by atoms with Crippen molar-refractivity contribution < 1.29 is 9.53 Å². The van der Waals surface area contributed by atoms with Crippen LogP contribution >= 0.6 is 0 Å². The molecular formula is C16H17N3O2. The zero-order valence-corrected chi connectivity index (χ0v) is 12.0. The van der Waals surface area contributed by atoms with E-state index >= 15 is 0 Å². The zero-order chi connectivity index (χ0) is 15.2. The van der Waals surface area contributed by atoms with Crippen LogP contribution in [-0.2, 0) is 10.2 Å². The number of nitrogens with one attached hydrogen (secondary N) is 2. The molecule has 1 unspecified atom stereocenters. The van der Waals surface area contributed by atoms with Crippen LogP contribution in [0.2, 0.25) is 0 Å². The van der Waals surface area contributed by atoms with Crippen molar-refractivity contribution in [1.82, 2.24) is 5.32 Å². The highest BCUT2D eigenvalue weighted by Crippen LogP contribution is 2.49. The Bertz CT molecular complexity index is 718. The van der Waals surface area contributed by atoms with Crippen molar-refractivity contribution in [3.63, 3.8) is 0 Å². The fourth-order valence-corrected chi connectivity index (χ4v) is 3.14. The molecular weight excluding hydrogens is 266 g/mol. The van der Waals surface area contributed by atoms with Crippen LogP contribution in [0.25, 0.3) is 0 Å². The number of benzene rings is 1. The smallest absolute Gasteiger partial charge is 0.243 e. The molecule has 1 fully saturated rings. The molecule has 2 aliphatic heterocycles. The molecule has 0 aliphatic carbocycles. The molecule has 4 N–H and O–H groups in total. The van der Waals surface area contributed by atoms with Crippen LogP contribution in [0.4, 0.5) is 5.69 Å². The fourth-order valence-electron chi connectivity index (χ4n) is 3.14. The lowest BCUT2D eigenvalue weighted by molar-refractivity contribution is -0.123. The Balaban J connectivity index is 2.28. The third kappa shape index (κ3) is 1.57. The number of fused-ring (bicyclic) bond motifs is 2. The van der Waals surface area contributed by atoms with E-state index in [2.05, 4.69) is 5.32 Å². The van der Waals surface area contributed by atoms with E-state index in [1.165, 1.54) is 6.21 Å². The Morgan fingerprint density at radius 3 is 2.76 bits per heavy atom. The van der Waals surface area contributed by atoms with Gasteiger partial charge in [0.15, 0.2) is 0 Å². The summed E-state index contributed by atoms with van der Waals surface area (Å²) in [5.74, 6) is 0.521. The highest BCUT2D eigenvalue weighted by atomic mass is 16.5. The average molecular weight is 283 g/mol. The highest BCUT2D eigenvalue weighted by molar-refractivity contribution is 6.01. The maximum absolute atomic E-state index is 12.6. The summed E-state index contributed by atoms with van der Waals surface area (Å²) >= 11 is 0. The van der Waals surface area contributed by atoms with Crippen molar-refractivity contribution in [2.24, 2.45) is 0 Å². The third-order valence-electron chi connectivity index (χ3n) is 4.21. The second kappa shape index (κ2) is 4.48. The summed E-state index contributed by atoms with van der Waals surface area (Å²) in [6, 6.07) is 3.48. The van der Waals surface area contributed by atoms with Gasteiger partial charge in [-0.1, -0.05) is 12.2 Å². The molecule has 1 saturated heterocycles. The van der Waals surface area contributed by atoms with Crippen LogP contribution < -0.4 is 15.8 Å². The Morgan fingerprint density at radius 1 is 1.38 bits per heavy atom. The van der Waals surface area contributed by atoms with Gasteiger partial charge in [0.05, 0.1) is 0 Å². The van der Waals surface area contributed by atoms with Crippen molar-refractivity contribution in [1.29, 1.82) is 5.41 Å². The molecule has 1 amide bonds. The first kappa shape index (κ1) is 13.4. The topological polar surface area (TPSA) is 88.2 Å². The second-order valence-corrected chi connectivity index (χ2v) is 5.17. The minimum absolute atomic E-state index is 0.0943. The lowest BCUT2D eigenvalue weighted by atomic mass is 9.76. The Hall–Kier alpha value is -2.56. The number of hydrogen-bond acceptors (Lipinski definition) is 4. The van der Waals surface area contributed by atoms with Crippen molar-refractivity contribution in [3.8, 4) is 5.75 Å². The number of amides is 1. The lowest BCUT2D eigenvalue weighted by Crippen LogP contribution is -2.38. The number of carbonyl (C=O) groups is 1. The molecule has 3 rings (SSSR count). The molecule has 2 aliphatic rings. The SMILES string of the molecule is C/C=C1\C(=C/C)NC(=O)C12COc1cc(N)c(C=N)cc12. The number of hydrogen-bond donors (Lipinski definition) is 3. The first-order valence-electron chi connectivity index (χ1n) is 6.80. The van der Waals surface area contributed by atoms with E-state index in [0.717, 1.165) is 16.8 Å². The molecule has 1 atom stereocenters. The Morgan fingerprint density at radius 2 is 2.14 bits per heavy atom. The molecule has 21 heavy (non-hydrogen) atoms. The second-order valence-electron chi connectivity index (χ2n) is 5.17. The van der Waals surface area contributed by atoms with Crippen molar-refractivity contribution in [2.45, 2.75) is 19.3 Å². The standard InChI is InChI=1S/C16H17N3O2/c1-3-10-13(4-2)19-15(20)16(10)8-21-14-6-12(18)9(7-17)5-11(14)16/h3-7,17H,8,18H2,1-2H3,(H,19,20)/b10-3+,13-4+,17-7?. The van der Waals surface area contributed by atoms with Crippen LogP contribution in [0.5, 0.6) is 5.75 Å². The van der Waals surface area contributed by atoms with Gasteiger partial charge >= 0.3 is 0 Å². The van der Waals surface area contributed by atoms with E-state index < -0.39 is 5.41 Å². The van der Waals surface area contributed by atoms with E-state index in [9.17, 15) is 4.79 Å². The van der Waals surface area contributed by atoms with Crippen LogP contribution in [0, 0.1) is 5.41 Å². The van der Waals surface area contributed by atoms with Crippen molar-refractivity contribution in [3.05, 3.63) is 46.7 Å². The molecule has 1 aromatic rings. The van der Waals surface area contributed by atoms with Gasteiger partial charge in [0.25, 0.3) is 0 Å². The summed E-state index contributed by atoms with van der Waals surface area (Å²) in [6.07, 6.45) is 5.02. The van der Waals surface area contributed by atoms with E-state index in [1.54, 1.807) is 12.1 Å². The number of allylic oxidation sites excluding steroid dienone is 3. The minimum atomic E-state index is -0.836. The van der Waals surface area contributed by atoms with Crippen molar-refractivity contribution >= 4 is 17.8 Å². The minimum Gasteiger partial charge on any atom is -0.491 e. The zero-order valence-electron chi connectivity index (χ0n) is 12.0. The molecule has 1 spiro atoms. The largest absolute Gasteiger partial charge is 0.491 e. The van der Waals surface area contributed by atoms with Crippen LogP contribution in [0.3, 0.4) is 0 Å². The molecule has 5 nitrogen and oxygen atoms in total. The normalized spacial score (nSPS) is 27.0. The summed E-state index contributed by atoms with van der Waals surface area (Å²) in [6.45, 7) is 4.06. The van der Waals surface area contributed by atoms with Crippen LogP contribution in [0.15, 0.2) is 35.6 Å². The average Bonchev–Trinajstić information content (AvgIpc) is 2.98. The molecule has 1 aromatic carbocycles. The number of carbonyl (C=O) groups excluding carboxylic acids is 1. The number of anilines is 1. The number of ether oxygens (including phenoxy) is 1. The number of rotatable bonds is 1. The summed E-state index contributed by atoms with van der Waals surface area (Å²) in [7, 11) is 0. The summed E-state index contributed by atoms with van der Waals surface area (Å²) in [5.41, 5.74) is 8.62. The maximum atomic E-state index is 12.6. The van der Waals surface area contributed by atoms with E-state index in [4.69, 9.17) is 15.9 Å². The van der Waals surface area contributed by atoms with E-state index in [-0.39, 0.29) is 12.5 Å². The third-order valence-corrected chi connectivity index (χ3v) is 4.21. The van der Waals surface area contributed by atoms with Gasteiger partial charge in [0.2, 0.25) is 5.91 Å². The van der Waals surface area contributed by atoms with Crippen LogP contribution in [0.1, 0.15) is 25.0 Å². The molecule has 5 heteroatoms. The highest BCUT2D eigenvalue weighted by Gasteiger charge is 2.55. The van der Waals surface area contributed by atoms with E-state index in [1.807, 2.05) is 26.0 Å². The fraction of sp³-hybridized carbons (Fsp3) is 0.250. The van der Waals surface area contributed by atoms with Crippen molar-refractivity contribution in [2.75, 3.05) is 12.3 Å². The predicted molar refractivity (Wildman–Crippen MR) is 81.6 cm³/mol. The maximum Gasteiger partial charge on any atom is 0.243 e. The van der Waals surface area contributed by atoms with E-state index in [0.29, 0.717) is 17.0 Å². The number of nitrogens with two attached hydrogens (primary N) is 1. The Labute approximate surface area is 123 Å². The van der Waals surface area contributed by atoms with Crippen LogP contribution in [-0.4, -0.2) is 18.7 Å². The van der Waals surface area contributed by atoms with Gasteiger partial charge in [-0.15, -0.1) is 0 Å². The molecule has 0 bridgehead atoms. The van der Waals surface area contributed by atoms with Gasteiger partial charge in [-0.2, -0.15) is 0 Å². The molecule has 0 aromatic heterocycles. The van der Waals surface area contributed by atoms with Gasteiger partial charge < -0.3 is 21.2 Å². The first-order valence-corrected chi connectivity index (χ1v) is 6.80. The summed E-state index contributed by atoms with van der Waals surface area (Å²) < 4.78 is 5.73. The monoisotopic (exact) mass is 283 g/mol. The summed E-state index contributed by atoms with van der Waals surface area (Å²) in [5, 5.41) is 10.4.